The lowest BCUT2D eigenvalue weighted by Crippen LogP contribution is -2.06. The van der Waals surface area contributed by atoms with Crippen LogP contribution in [0.25, 0.3) is 0 Å². The number of nitrogens with zero attached hydrogens (tertiary/aromatic N) is 2. The van der Waals surface area contributed by atoms with Gasteiger partial charge in [-0.25, -0.2) is 13.4 Å². The molecule has 1 unspecified atom stereocenters. The summed E-state index contributed by atoms with van der Waals surface area (Å²) in [6, 6.07) is 0. The fourth-order valence-corrected chi connectivity index (χ4v) is 3.48. The van der Waals surface area contributed by atoms with Gasteiger partial charge in [-0.15, -0.1) is 0 Å². The van der Waals surface area contributed by atoms with E-state index in [2.05, 4.69) is 15.2 Å². The highest BCUT2D eigenvalue weighted by Crippen LogP contribution is 2.26. The van der Waals surface area contributed by atoms with Crippen LogP contribution in [0, 0.1) is 0 Å². The van der Waals surface area contributed by atoms with Gasteiger partial charge < -0.3 is 5.73 Å². The minimum Gasteiger partial charge on any atom is -0.330 e. The van der Waals surface area contributed by atoms with Crippen LogP contribution in [0.1, 0.15) is 24.0 Å². The zero-order valence-corrected chi connectivity index (χ0v) is 9.13. The third-order valence-electron chi connectivity index (χ3n) is 2.53. The quantitative estimate of drug-likeness (QED) is 0.708. The zero-order valence-electron chi connectivity index (χ0n) is 8.31. The Morgan fingerprint density at radius 1 is 1.53 bits per heavy atom. The minimum absolute atomic E-state index is 0.0437. The SMILES string of the molecule is NCCc1nc(C2CCS(=O)(=O)C2)n[nH]1. The van der Waals surface area contributed by atoms with E-state index in [1.54, 1.807) is 0 Å². The molecule has 6 nitrogen and oxygen atoms in total. The van der Waals surface area contributed by atoms with Crippen molar-refractivity contribution in [3.05, 3.63) is 11.6 Å². The molecule has 1 atom stereocenters. The molecule has 2 rings (SSSR count). The fourth-order valence-electron chi connectivity index (χ4n) is 1.74. The Balaban J connectivity index is 2.10. The number of hydrogen-bond donors (Lipinski definition) is 2. The summed E-state index contributed by atoms with van der Waals surface area (Å²) in [7, 11) is -2.87. The molecule has 7 heteroatoms. The predicted molar refractivity (Wildman–Crippen MR) is 55.2 cm³/mol. The second-order valence-corrected chi connectivity index (χ2v) is 6.01. The Hall–Kier alpha value is -0.950. The predicted octanol–water partition coefficient (Wildman–Crippen LogP) is -0.792. The molecule has 0 aliphatic carbocycles. The highest BCUT2D eigenvalue weighted by Gasteiger charge is 2.31. The second kappa shape index (κ2) is 3.90. The van der Waals surface area contributed by atoms with Gasteiger partial charge in [0.05, 0.1) is 11.5 Å². The highest BCUT2D eigenvalue weighted by atomic mass is 32.2. The standard InChI is InChI=1S/C8H14N4O2S/c9-3-1-7-10-8(12-11-7)6-2-4-15(13,14)5-6/h6H,1-5,9H2,(H,10,11,12). The molecule has 1 aromatic heterocycles. The van der Waals surface area contributed by atoms with Crippen LogP contribution >= 0.6 is 0 Å². The van der Waals surface area contributed by atoms with E-state index >= 15 is 0 Å². The maximum Gasteiger partial charge on any atom is 0.154 e. The van der Waals surface area contributed by atoms with E-state index in [-0.39, 0.29) is 17.4 Å². The molecule has 0 amide bonds. The van der Waals surface area contributed by atoms with Gasteiger partial charge in [-0.05, 0) is 13.0 Å². The Bertz CT molecular complexity index is 439. The lowest BCUT2D eigenvalue weighted by atomic mass is 10.1. The van der Waals surface area contributed by atoms with Crippen LogP contribution in [0.15, 0.2) is 0 Å². The number of aromatic amines is 1. The van der Waals surface area contributed by atoms with Crippen LogP contribution in [0.4, 0.5) is 0 Å². The van der Waals surface area contributed by atoms with Crippen molar-refractivity contribution in [1.29, 1.82) is 0 Å². The van der Waals surface area contributed by atoms with E-state index in [9.17, 15) is 8.42 Å². The largest absolute Gasteiger partial charge is 0.330 e. The number of aromatic nitrogens is 3. The Morgan fingerprint density at radius 2 is 2.33 bits per heavy atom. The van der Waals surface area contributed by atoms with Gasteiger partial charge in [0.25, 0.3) is 0 Å². The van der Waals surface area contributed by atoms with E-state index in [1.807, 2.05) is 0 Å². The maximum atomic E-state index is 11.3. The summed E-state index contributed by atoms with van der Waals surface area (Å²) in [6.07, 6.45) is 1.27. The third-order valence-corrected chi connectivity index (χ3v) is 4.30. The smallest absolute Gasteiger partial charge is 0.154 e. The topological polar surface area (TPSA) is 102 Å². The van der Waals surface area contributed by atoms with Crippen molar-refractivity contribution in [1.82, 2.24) is 15.2 Å². The van der Waals surface area contributed by atoms with Crippen LogP contribution in [0.5, 0.6) is 0 Å². The average molecular weight is 230 g/mol. The van der Waals surface area contributed by atoms with Gasteiger partial charge in [-0.1, -0.05) is 0 Å². The molecule has 0 saturated carbocycles. The summed E-state index contributed by atoms with van der Waals surface area (Å²) in [5, 5.41) is 6.80. The first-order valence-electron chi connectivity index (χ1n) is 4.92. The highest BCUT2D eigenvalue weighted by molar-refractivity contribution is 7.91. The number of rotatable bonds is 3. The lowest BCUT2D eigenvalue weighted by Gasteiger charge is -1.99. The summed E-state index contributed by atoms with van der Waals surface area (Å²) < 4.78 is 22.5. The summed E-state index contributed by atoms with van der Waals surface area (Å²) >= 11 is 0. The molecule has 2 heterocycles. The molecule has 1 saturated heterocycles. The van der Waals surface area contributed by atoms with E-state index in [0.717, 1.165) is 5.82 Å². The molecule has 0 bridgehead atoms. The minimum atomic E-state index is -2.87. The fraction of sp³-hybridized carbons (Fsp3) is 0.750. The molecule has 1 fully saturated rings. The van der Waals surface area contributed by atoms with Crippen molar-refractivity contribution in [2.45, 2.75) is 18.8 Å². The van der Waals surface area contributed by atoms with Crippen molar-refractivity contribution in [3.63, 3.8) is 0 Å². The number of nitrogens with one attached hydrogen (secondary N) is 1. The molecule has 1 aliphatic rings. The Kier molecular flexibility index (Phi) is 2.74. The van der Waals surface area contributed by atoms with Crippen LogP contribution in [-0.2, 0) is 16.3 Å². The van der Waals surface area contributed by atoms with Gasteiger partial charge in [0.2, 0.25) is 0 Å². The monoisotopic (exact) mass is 230 g/mol. The lowest BCUT2D eigenvalue weighted by molar-refractivity contribution is 0.601. The van der Waals surface area contributed by atoms with E-state index < -0.39 is 9.84 Å². The van der Waals surface area contributed by atoms with E-state index in [4.69, 9.17) is 5.73 Å². The summed E-state index contributed by atoms with van der Waals surface area (Å²) in [5.41, 5.74) is 5.38. The molecule has 0 aromatic carbocycles. The van der Waals surface area contributed by atoms with Crippen LogP contribution in [-0.4, -0.2) is 41.6 Å². The zero-order chi connectivity index (χ0) is 10.9. The molecule has 15 heavy (non-hydrogen) atoms. The van der Waals surface area contributed by atoms with Gasteiger partial charge in [-0.2, -0.15) is 5.10 Å². The summed E-state index contributed by atoms with van der Waals surface area (Å²) in [4.78, 5) is 4.24. The van der Waals surface area contributed by atoms with Crippen molar-refractivity contribution in [3.8, 4) is 0 Å². The molecule has 84 valence electrons. The van der Waals surface area contributed by atoms with Crippen LogP contribution < -0.4 is 5.73 Å². The number of sulfone groups is 1. The maximum absolute atomic E-state index is 11.3. The Morgan fingerprint density at radius 3 is 2.93 bits per heavy atom. The molecule has 3 N–H and O–H groups in total. The normalized spacial score (nSPS) is 24.5. The first kappa shape index (κ1) is 10.6. The van der Waals surface area contributed by atoms with E-state index in [1.165, 1.54) is 0 Å². The van der Waals surface area contributed by atoms with Gasteiger partial charge in [0, 0.05) is 12.3 Å². The van der Waals surface area contributed by atoms with Crippen LogP contribution in [0.2, 0.25) is 0 Å². The first-order valence-corrected chi connectivity index (χ1v) is 6.74. The second-order valence-electron chi connectivity index (χ2n) is 3.78. The molecule has 1 aromatic rings. The first-order chi connectivity index (χ1) is 7.11. The average Bonchev–Trinajstić information content (AvgIpc) is 2.73. The third kappa shape index (κ3) is 2.35. The van der Waals surface area contributed by atoms with Gasteiger partial charge >= 0.3 is 0 Å². The molecule has 0 spiro atoms. The number of nitrogens with two attached hydrogens (primary N) is 1. The molecular formula is C8H14N4O2S. The summed E-state index contributed by atoms with van der Waals surface area (Å²) in [6.45, 7) is 0.512. The van der Waals surface area contributed by atoms with Gasteiger partial charge in [-0.3, -0.25) is 5.10 Å². The number of H-pyrrole nitrogens is 1. The molecule has 0 radical (unpaired) electrons. The molecule has 1 aliphatic heterocycles. The van der Waals surface area contributed by atoms with Gasteiger partial charge in [0.15, 0.2) is 15.7 Å². The van der Waals surface area contributed by atoms with Crippen molar-refractivity contribution >= 4 is 9.84 Å². The van der Waals surface area contributed by atoms with Crippen LogP contribution in [0.3, 0.4) is 0 Å². The molecular weight excluding hydrogens is 216 g/mol. The Labute approximate surface area is 88.2 Å². The van der Waals surface area contributed by atoms with Crippen molar-refractivity contribution in [2.75, 3.05) is 18.1 Å². The van der Waals surface area contributed by atoms with Crippen molar-refractivity contribution < 1.29 is 8.42 Å². The van der Waals surface area contributed by atoms with E-state index in [0.29, 0.717) is 25.2 Å². The van der Waals surface area contributed by atoms with Crippen molar-refractivity contribution in [2.24, 2.45) is 5.73 Å². The summed E-state index contributed by atoms with van der Waals surface area (Å²) in [5.74, 6) is 1.72. The number of hydrogen-bond acceptors (Lipinski definition) is 5. The van der Waals surface area contributed by atoms with Gasteiger partial charge in [0.1, 0.15) is 5.82 Å².